The lowest BCUT2D eigenvalue weighted by atomic mass is 10.1. The van der Waals surface area contributed by atoms with Crippen LogP contribution in [0.2, 0.25) is 0 Å². The third-order valence-corrected chi connectivity index (χ3v) is 4.87. The molecule has 1 saturated heterocycles. The molecule has 0 unspecified atom stereocenters. The van der Waals surface area contributed by atoms with Gasteiger partial charge in [0.15, 0.2) is 0 Å². The Morgan fingerprint density at radius 1 is 1.14 bits per heavy atom. The molecule has 28 heavy (non-hydrogen) atoms. The number of halogens is 3. The Balaban J connectivity index is 2.02. The summed E-state index contributed by atoms with van der Waals surface area (Å²) in [6.45, 7) is 8.91. The highest BCUT2D eigenvalue weighted by atomic mass is 79.9. The van der Waals surface area contributed by atoms with E-state index in [1.165, 1.54) is 15.9 Å². The maximum Gasteiger partial charge on any atom is 0.410 e. The molecule has 2 amide bonds. The highest BCUT2D eigenvalue weighted by Crippen LogP contribution is 2.24. The molecular weight excluding hydrogens is 438 g/mol. The van der Waals surface area contributed by atoms with E-state index in [0.717, 1.165) is 6.07 Å². The Labute approximate surface area is 171 Å². The Bertz CT molecular complexity index is 742. The van der Waals surface area contributed by atoms with E-state index in [1.54, 1.807) is 34.6 Å². The minimum absolute atomic E-state index is 0.0904. The second-order valence-corrected chi connectivity index (χ2v) is 8.72. The van der Waals surface area contributed by atoms with Crippen LogP contribution in [0.3, 0.4) is 0 Å². The van der Waals surface area contributed by atoms with Crippen molar-refractivity contribution in [2.24, 2.45) is 0 Å². The molecule has 2 atom stereocenters. The summed E-state index contributed by atoms with van der Waals surface area (Å²) in [7, 11) is 0. The molecule has 0 aliphatic carbocycles. The number of nitrogens with zero attached hydrogens (tertiary/aromatic N) is 2. The molecule has 1 fully saturated rings. The molecule has 0 saturated carbocycles. The molecule has 156 valence electrons. The van der Waals surface area contributed by atoms with Crippen molar-refractivity contribution in [1.82, 2.24) is 9.80 Å². The molecule has 1 aromatic carbocycles. The van der Waals surface area contributed by atoms with Crippen molar-refractivity contribution in [3.05, 3.63) is 33.8 Å². The standard InChI is InChI=1S/C19H25BrF2N2O4/c1-11-8-23(17(25)28-19(3,4)5)9-12(2)24(11)18(26)27-10-13-15(21)7-6-14(20)16(13)22/h6-7,11-12H,8-10H2,1-5H3/t11-,12+. The van der Waals surface area contributed by atoms with Crippen LogP contribution in [0, 0.1) is 11.6 Å². The van der Waals surface area contributed by atoms with Crippen molar-refractivity contribution in [3.8, 4) is 0 Å². The van der Waals surface area contributed by atoms with Crippen molar-refractivity contribution < 1.29 is 27.8 Å². The largest absolute Gasteiger partial charge is 0.444 e. The van der Waals surface area contributed by atoms with Crippen molar-refractivity contribution in [2.75, 3.05) is 13.1 Å². The number of benzene rings is 1. The Hall–Kier alpha value is -1.90. The van der Waals surface area contributed by atoms with Crippen LogP contribution in [-0.2, 0) is 16.1 Å². The van der Waals surface area contributed by atoms with Crippen LogP contribution in [0.5, 0.6) is 0 Å². The van der Waals surface area contributed by atoms with Crippen LogP contribution in [0.4, 0.5) is 18.4 Å². The number of hydrogen-bond acceptors (Lipinski definition) is 4. The smallest absolute Gasteiger partial charge is 0.410 e. The Morgan fingerprint density at radius 2 is 1.71 bits per heavy atom. The van der Waals surface area contributed by atoms with Gasteiger partial charge in [-0.15, -0.1) is 0 Å². The highest BCUT2D eigenvalue weighted by Gasteiger charge is 2.37. The van der Waals surface area contributed by atoms with Gasteiger partial charge in [-0.25, -0.2) is 18.4 Å². The molecule has 1 heterocycles. The zero-order valence-electron chi connectivity index (χ0n) is 16.6. The number of amides is 2. The van der Waals surface area contributed by atoms with Gasteiger partial charge >= 0.3 is 12.2 Å². The van der Waals surface area contributed by atoms with Gasteiger partial charge in [0, 0.05) is 13.1 Å². The monoisotopic (exact) mass is 462 g/mol. The van der Waals surface area contributed by atoms with Gasteiger partial charge in [0.1, 0.15) is 23.8 Å². The van der Waals surface area contributed by atoms with E-state index < -0.39 is 36.0 Å². The first-order valence-electron chi connectivity index (χ1n) is 8.96. The zero-order valence-corrected chi connectivity index (χ0v) is 18.2. The number of rotatable bonds is 2. The van der Waals surface area contributed by atoms with E-state index in [1.807, 2.05) is 0 Å². The first-order valence-corrected chi connectivity index (χ1v) is 9.75. The minimum Gasteiger partial charge on any atom is -0.444 e. The average Bonchev–Trinajstić information content (AvgIpc) is 2.56. The topological polar surface area (TPSA) is 59.1 Å². The van der Waals surface area contributed by atoms with Gasteiger partial charge in [-0.1, -0.05) is 0 Å². The van der Waals surface area contributed by atoms with Gasteiger partial charge < -0.3 is 14.4 Å². The minimum atomic E-state index is -0.802. The number of ether oxygens (including phenoxy) is 2. The fourth-order valence-corrected chi connectivity index (χ4v) is 3.44. The van der Waals surface area contributed by atoms with E-state index in [2.05, 4.69) is 15.9 Å². The van der Waals surface area contributed by atoms with Gasteiger partial charge in [-0.05, 0) is 62.7 Å². The van der Waals surface area contributed by atoms with Crippen LogP contribution >= 0.6 is 15.9 Å². The highest BCUT2D eigenvalue weighted by molar-refractivity contribution is 9.10. The van der Waals surface area contributed by atoms with Gasteiger partial charge in [0.25, 0.3) is 0 Å². The normalized spacial score (nSPS) is 20.1. The summed E-state index contributed by atoms with van der Waals surface area (Å²) in [4.78, 5) is 27.8. The van der Waals surface area contributed by atoms with Crippen LogP contribution < -0.4 is 0 Å². The summed E-state index contributed by atoms with van der Waals surface area (Å²) in [5.74, 6) is -1.59. The second kappa shape index (κ2) is 8.63. The third-order valence-electron chi connectivity index (χ3n) is 4.26. The SMILES string of the molecule is C[C@@H]1CN(C(=O)OC(C)(C)C)C[C@H](C)N1C(=O)OCc1c(F)ccc(Br)c1F. The van der Waals surface area contributed by atoms with E-state index in [4.69, 9.17) is 9.47 Å². The summed E-state index contributed by atoms with van der Waals surface area (Å²) in [6, 6.07) is 1.65. The predicted molar refractivity (Wildman–Crippen MR) is 103 cm³/mol. The van der Waals surface area contributed by atoms with Crippen molar-refractivity contribution in [1.29, 1.82) is 0 Å². The molecule has 2 rings (SSSR count). The molecule has 0 spiro atoms. The maximum absolute atomic E-state index is 14.0. The molecule has 0 radical (unpaired) electrons. The number of piperazine rings is 1. The molecule has 0 aromatic heterocycles. The number of carbonyl (C=O) groups excluding carboxylic acids is 2. The molecule has 1 aliphatic heterocycles. The van der Waals surface area contributed by atoms with E-state index in [-0.39, 0.29) is 35.2 Å². The van der Waals surface area contributed by atoms with E-state index >= 15 is 0 Å². The quantitative estimate of drug-likeness (QED) is 0.597. The summed E-state index contributed by atoms with van der Waals surface area (Å²) < 4.78 is 38.5. The van der Waals surface area contributed by atoms with Gasteiger partial charge in [-0.2, -0.15) is 0 Å². The summed E-state index contributed by atoms with van der Waals surface area (Å²) >= 11 is 2.98. The fourth-order valence-electron chi connectivity index (χ4n) is 3.07. The maximum atomic E-state index is 14.0. The predicted octanol–water partition coefficient (Wildman–Crippen LogP) is 4.69. The molecule has 1 aromatic rings. The lowest BCUT2D eigenvalue weighted by molar-refractivity contribution is -0.00995. The summed E-state index contributed by atoms with van der Waals surface area (Å²) in [5, 5.41) is 0. The van der Waals surface area contributed by atoms with Gasteiger partial charge in [-0.3, -0.25) is 4.90 Å². The molecule has 1 aliphatic rings. The van der Waals surface area contributed by atoms with E-state index in [9.17, 15) is 18.4 Å². The van der Waals surface area contributed by atoms with Crippen LogP contribution in [0.25, 0.3) is 0 Å². The summed E-state index contributed by atoms with van der Waals surface area (Å²) in [5.41, 5.74) is -0.937. The molecule has 0 N–H and O–H groups in total. The third kappa shape index (κ3) is 5.33. The molecule has 0 bridgehead atoms. The lowest BCUT2D eigenvalue weighted by Gasteiger charge is -2.43. The fraction of sp³-hybridized carbons (Fsp3) is 0.579. The van der Waals surface area contributed by atoms with Crippen LogP contribution in [0.1, 0.15) is 40.2 Å². The second-order valence-electron chi connectivity index (χ2n) is 7.87. The molecule has 9 heteroatoms. The van der Waals surface area contributed by atoms with Crippen molar-refractivity contribution in [3.63, 3.8) is 0 Å². The average molecular weight is 463 g/mol. The Kier molecular flexibility index (Phi) is 6.90. The Morgan fingerprint density at radius 3 is 2.25 bits per heavy atom. The molecule has 6 nitrogen and oxygen atoms in total. The molecular formula is C19H25BrF2N2O4. The van der Waals surface area contributed by atoms with Crippen molar-refractivity contribution in [2.45, 2.75) is 58.9 Å². The lowest BCUT2D eigenvalue weighted by Crippen LogP contribution is -2.60. The first kappa shape index (κ1) is 22.4. The van der Waals surface area contributed by atoms with Gasteiger partial charge in [0.2, 0.25) is 0 Å². The van der Waals surface area contributed by atoms with Crippen LogP contribution in [-0.4, -0.2) is 52.8 Å². The van der Waals surface area contributed by atoms with Gasteiger partial charge in [0.05, 0.1) is 22.1 Å². The van der Waals surface area contributed by atoms with Crippen molar-refractivity contribution >= 4 is 28.1 Å². The zero-order chi connectivity index (χ0) is 21.2. The number of carbonyl (C=O) groups is 2. The first-order chi connectivity index (χ1) is 12.9. The number of hydrogen-bond donors (Lipinski definition) is 0. The summed E-state index contributed by atoms with van der Waals surface area (Å²) in [6.07, 6.45) is -1.14. The van der Waals surface area contributed by atoms with E-state index in [0.29, 0.717) is 0 Å². The van der Waals surface area contributed by atoms with Crippen LogP contribution in [0.15, 0.2) is 16.6 Å².